The molecule has 1 unspecified atom stereocenters. The van der Waals surface area contributed by atoms with Crippen LogP contribution in [-0.2, 0) is 4.74 Å². The molecule has 0 radical (unpaired) electrons. The SMILES string of the molecule is CCOC1(C(NC)c2cnccc2N)CCC(C)CC1. The van der Waals surface area contributed by atoms with Gasteiger partial charge < -0.3 is 15.8 Å². The first-order valence-corrected chi connectivity index (χ1v) is 7.63. The van der Waals surface area contributed by atoms with Gasteiger partial charge in [-0.25, -0.2) is 0 Å². The zero-order valence-corrected chi connectivity index (χ0v) is 12.9. The monoisotopic (exact) mass is 277 g/mol. The average molecular weight is 277 g/mol. The van der Waals surface area contributed by atoms with Crippen LogP contribution in [0.2, 0.25) is 0 Å². The van der Waals surface area contributed by atoms with Gasteiger partial charge in [-0.1, -0.05) is 6.92 Å². The molecule has 1 heterocycles. The van der Waals surface area contributed by atoms with Crippen molar-refractivity contribution in [2.24, 2.45) is 5.92 Å². The minimum atomic E-state index is -0.160. The molecule has 4 heteroatoms. The first-order chi connectivity index (χ1) is 9.63. The van der Waals surface area contributed by atoms with Crippen LogP contribution in [0, 0.1) is 5.92 Å². The number of pyridine rings is 1. The van der Waals surface area contributed by atoms with E-state index < -0.39 is 0 Å². The Balaban J connectivity index is 2.33. The van der Waals surface area contributed by atoms with E-state index in [1.165, 1.54) is 12.8 Å². The lowest BCUT2D eigenvalue weighted by Gasteiger charge is -2.45. The van der Waals surface area contributed by atoms with Crippen LogP contribution in [0.5, 0.6) is 0 Å². The lowest BCUT2D eigenvalue weighted by atomic mass is 9.73. The van der Waals surface area contributed by atoms with Gasteiger partial charge in [0.2, 0.25) is 0 Å². The molecule has 0 saturated heterocycles. The van der Waals surface area contributed by atoms with Crippen LogP contribution in [0.4, 0.5) is 5.69 Å². The quantitative estimate of drug-likeness (QED) is 0.869. The summed E-state index contributed by atoms with van der Waals surface area (Å²) in [5.41, 5.74) is 7.83. The normalized spacial score (nSPS) is 28.2. The summed E-state index contributed by atoms with van der Waals surface area (Å²) in [6, 6.07) is 1.97. The number of nitrogens with two attached hydrogens (primary N) is 1. The molecule has 1 fully saturated rings. The van der Waals surface area contributed by atoms with Crippen molar-refractivity contribution in [1.82, 2.24) is 10.3 Å². The van der Waals surface area contributed by atoms with Crippen molar-refractivity contribution >= 4 is 5.69 Å². The summed E-state index contributed by atoms with van der Waals surface area (Å²) in [6.45, 7) is 5.12. The van der Waals surface area contributed by atoms with Crippen LogP contribution < -0.4 is 11.1 Å². The Morgan fingerprint density at radius 2 is 2.20 bits per heavy atom. The molecule has 1 saturated carbocycles. The Labute approximate surface area is 122 Å². The Kier molecular flexibility index (Phi) is 5.00. The van der Waals surface area contributed by atoms with Crippen molar-refractivity contribution in [3.05, 3.63) is 24.0 Å². The second kappa shape index (κ2) is 6.55. The van der Waals surface area contributed by atoms with Crippen LogP contribution in [0.3, 0.4) is 0 Å². The number of aromatic nitrogens is 1. The minimum Gasteiger partial charge on any atom is -0.398 e. The van der Waals surface area contributed by atoms with Gasteiger partial charge in [-0.15, -0.1) is 0 Å². The molecule has 0 spiro atoms. The molecule has 1 aliphatic carbocycles. The van der Waals surface area contributed by atoms with Gasteiger partial charge in [-0.2, -0.15) is 0 Å². The Morgan fingerprint density at radius 3 is 2.75 bits per heavy atom. The smallest absolute Gasteiger partial charge is 0.0877 e. The fraction of sp³-hybridized carbons (Fsp3) is 0.688. The first kappa shape index (κ1) is 15.3. The van der Waals surface area contributed by atoms with E-state index in [1.807, 2.05) is 19.3 Å². The van der Waals surface area contributed by atoms with Crippen molar-refractivity contribution in [3.63, 3.8) is 0 Å². The van der Waals surface area contributed by atoms with E-state index in [9.17, 15) is 0 Å². The molecule has 2 rings (SSSR count). The van der Waals surface area contributed by atoms with E-state index >= 15 is 0 Å². The van der Waals surface area contributed by atoms with Gasteiger partial charge in [0.25, 0.3) is 0 Å². The van der Waals surface area contributed by atoms with Crippen molar-refractivity contribution in [2.45, 2.75) is 51.2 Å². The highest BCUT2D eigenvalue weighted by Crippen LogP contribution is 2.44. The van der Waals surface area contributed by atoms with Crippen LogP contribution >= 0.6 is 0 Å². The van der Waals surface area contributed by atoms with Crippen molar-refractivity contribution in [3.8, 4) is 0 Å². The van der Waals surface area contributed by atoms with Crippen LogP contribution in [-0.4, -0.2) is 24.2 Å². The van der Waals surface area contributed by atoms with Crippen molar-refractivity contribution < 1.29 is 4.74 Å². The van der Waals surface area contributed by atoms with Gasteiger partial charge in [0, 0.05) is 30.3 Å². The standard InChI is InChI=1S/C16H27N3O/c1-4-20-16(8-5-12(2)6-9-16)15(18-3)13-11-19-10-7-14(13)17/h7,10-12,15,18H,4-6,8-9H2,1-3H3,(H2,17,19). The molecule has 1 aliphatic rings. The number of nitrogen functional groups attached to an aromatic ring is 1. The van der Waals surface area contributed by atoms with Gasteiger partial charge in [0.05, 0.1) is 11.6 Å². The molecule has 3 N–H and O–H groups in total. The summed E-state index contributed by atoms with van der Waals surface area (Å²) in [4.78, 5) is 4.24. The van der Waals surface area contributed by atoms with Crippen LogP contribution in [0.1, 0.15) is 51.1 Å². The number of anilines is 1. The summed E-state index contributed by atoms with van der Waals surface area (Å²) < 4.78 is 6.24. The van der Waals surface area contributed by atoms with Crippen LogP contribution in [0.15, 0.2) is 18.5 Å². The number of nitrogens with zero attached hydrogens (tertiary/aromatic N) is 1. The molecule has 4 nitrogen and oxygen atoms in total. The highest BCUT2D eigenvalue weighted by atomic mass is 16.5. The molecule has 112 valence electrons. The zero-order chi connectivity index (χ0) is 14.6. The number of hydrogen-bond donors (Lipinski definition) is 2. The maximum absolute atomic E-state index is 6.24. The Hall–Kier alpha value is -1.13. The summed E-state index contributed by atoms with van der Waals surface area (Å²) >= 11 is 0. The highest BCUT2D eigenvalue weighted by molar-refractivity contribution is 5.47. The third-order valence-corrected chi connectivity index (χ3v) is 4.57. The van der Waals surface area contributed by atoms with Gasteiger partial charge in [0.15, 0.2) is 0 Å². The number of hydrogen-bond acceptors (Lipinski definition) is 4. The largest absolute Gasteiger partial charge is 0.398 e. The van der Waals surface area contributed by atoms with E-state index in [1.54, 1.807) is 6.20 Å². The first-order valence-electron chi connectivity index (χ1n) is 7.63. The molecular weight excluding hydrogens is 250 g/mol. The van der Waals surface area contributed by atoms with Crippen molar-refractivity contribution in [1.29, 1.82) is 0 Å². The van der Waals surface area contributed by atoms with Gasteiger partial charge in [-0.3, -0.25) is 4.98 Å². The lowest BCUT2D eigenvalue weighted by Crippen LogP contribution is -2.48. The molecule has 0 aromatic carbocycles. The van der Waals surface area contributed by atoms with Crippen LogP contribution in [0.25, 0.3) is 0 Å². The molecule has 0 aliphatic heterocycles. The second-order valence-corrected chi connectivity index (χ2v) is 5.91. The van der Waals surface area contributed by atoms with E-state index in [4.69, 9.17) is 10.5 Å². The molecule has 1 atom stereocenters. The maximum Gasteiger partial charge on any atom is 0.0877 e. The summed E-state index contributed by atoms with van der Waals surface area (Å²) in [7, 11) is 1.98. The Bertz CT molecular complexity index is 427. The predicted molar refractivity (Wildman–Crippen MR) is 82.4 cm³/mol. The van der Waals surface area contributed by atoms with E-state index in [0.29, 0.717) is 0 Å². The highest BCUT2D eigenvalue weighted by Gasteiger charge is 2.42. The number of nitrogens with one attached hydrogen (secondary N) is 1. The molecule has 1 aromatic rings. The van der Waals surface area contributed by atoms with Crippen molar-refractivity contribution in [2.75, 3.05) is 19.4 Å². The summed E-state index contributed by atoms with van der Waals surface area (Å²) in [5, 5.41) is 3.42. The zero-order valence-electron chi connectivity index (χ0n) is 12.9. The van der Waals surface area contributed by atoms with E-state index in [-0.39, 0.29) is 11.6 Å². The Morgan fingerprint density at radius 1 is 1.50 bits per heavy atom. The van der Waals surface area contributed by atoms with Gasteiger partial charge >= 0.3 is 0 Å². The number of likely N-dealkylation sites (N-methyl/N-ethyl adjacent to an activating group) is 1. The number of rotatable bonds is 5. The molecule has 20 heavy (non-hydrogen) atoms. The fourth-order valence-corrected chi connectivity index (χ4v) is 3.42. The van der Waals surface area contributed by atoms with E-state index in [2.05, 4.69) is 24.1 Å². The van der Waals surface area contributed by atoms with E-state index in [0.717, 1.165) is 36.6 Å². The molecule has 0 amide bonds. The minimum absolute atomic E-state index is 0.101. The molecule has 0 bridgehead atoms. The predicted octanol–water partition coefficient (Wildman–Crippen LogP) is 2.91. The summed E-state index contributed by atoms with van der Waals surface area (Å²) in [5.74, 6) is 0.785. The fourth-order valence-electron chi connectivity index (χ4n) is 3.42. The summed E-state index contributed by atoms with van der Waals surface area (Å²) in [6.07, 6.45) is 8.16. The van der Waals surface area contributed by atoms with Gasteiger partial charge in [-0.05, 0) is 51.6 Å². The topological polar surface area (TPSA) is 60.2 Å². The average Bonchev–Trinajstić information content (AvgIpc) is 2.45. The maximum atomic E-state index is 6.24. The van der Waals surface area contributed by atoms with Gasteiger partial charge in [0.1, 0.15) is 0 Å². The lowest BCUT2D eigenvalue weighted by molar-refractivity contribution is -0.0961. The second-order valence-electron chi connectivity index (χ2n) is 5.91. The third-order valence-electron chi connectivity index (χ3n) is 4.57. The number of ether oxygens (including phenoxy) is 1. The molecular formula is C16H27N3O. The third kappa shape index (κ3) is 2.96. The molecule has 1 aromatic heterocycles.